The van der Waals surface area contributed by atoms with Gasteiger partial charge < -0.3 is 5.32 Å². The molecule has 4 aromatic carbocycles. The van der Waals surface area contributed by atoms with E-state index in [1.54, 1.807) is 11.8 Å². The molecular formula is C30H26N2O2S. The molecule has 5 aromatic rings. The van der Waals surface area contributed by atoms with Crippen molar-refractivity contribution < 1.29 is 9.59 Å². The van der Waals surface area contributed by atoms with Crippen LogP contribution in [0.1, 0.15) is 23.7 Å². The number of nitrogens with zero attached hydrogens (tertiary/aromatic N) is 1. The van der Waals surface area contributed by atoms with Crippen LogP contribution in [-0.2, 0) is 11.2 Å². The molecule has 0 saturated heterocycles. The van der Waals surface area contributed by atoms with Crippen LogP contribution in [0, 0.1) is 0 Å². The average molecular weight is 479 g/mol. The summed E-state index contributed by atoms with van der Waals surface area (Å²) in [7, 11) is 0. The first kappa shape index (κ1) is 22.9. The minimum atomic E-state index is -0.229. The van der Waals surface area contributed by atoms with Crippen molar-refractivity contribution in [1.29, 1.82) is 0 Å². The maximum Gasteiger partial charge on any atom is 0.245 e. The van der Waals surface area contributed by atoms with Gasteiger partial charge in [0.25, 0.3) is 0 Å². The van der Waals surface area contributed by atoms with E-state index in [4.69, 9.17) is 0 Å². The van der Waals surface area contributed by atoms with E-state index in [0.717, 1.165) is 38.0 Å². The first-order valence-electron chi connectivity index (χ1n) is 11.8. The van der Waals surface area contributed by atoms with Gasteiger partial charge in [0.05, 0.1) is 22.7 Å². The highest BCUT2D eigenvalue weighted by Gasteiger charge is 2.23. The first-order valence-corrected chi connectivity index (χ1v) is 12.6. The lowest BCUT2D eigenvalue weighted by Gasteiger charge is -2.16. The average Bonchev–Trinajstić information content (AvgIpc) is 3.23. The number of amides is 1. The van der Waals surface area contributed by atoms with Gasteiger partial charge in [-0.05, 0) is 48.4 Å². The number of thioether (sulfide) groups is 1. The van der Waals surface area contributed by atoms with Crippen LogP contribution in [0.3, 0.4) is 0 Å². The maximum absolute atomic E-state index is 13.7. The fourth-order valence-corrected chi connectivity index (χ4v) is 5.37. The first-order chi connectivity index (χ1) is 17.1. The van der Waals surface area contributed by atoms with Crippen LogP contribution in [0.15, 0.2) is 108 Å². The summed E-state index contributed by atoms with van der Waals surface area (Å²) in [5, 5.41) is 4.90. The number of anilines is 1. The van der Waals surface area contributed by atoms with Gasteiger partial charge in [-0.2, -0.15) is 0 Å². The Hall–Kier alpha value is -3.83. The number of hydrogen-bond acceptors (Lipinski definition) is 3. The highest BCUT2D eigenvalue weighted by atomic mass is 32.2. The quantitative estimate of drug-likeness (QED) is 0.252. The molecule has 0 bridgehead atoms. The van der Waals surface area contributed by atoms with Crippen molar-refractivity contribution in [3.8, 4) is 0 Å². The zero-order valence-corrected chi connectivity index (χ0v) is 20.3. The molecule has 0 radical (unpaired) electrons. The Labute approximate surface area is 209 Å². The number of fused-ring (bicyclic) bond motifs is 3. The Balaban J connectivity index is 1.32. The predicted octanol–water partition coefficient (Wildman–Crippen LogP) is 7.19. The molecule has 5 rings (SSSR count). The highest BCUT2D eigenvalue weighted by Crippen LogP contribution is 2.33. The normalized spacial score (nSPS) is 12.0. The molecule has 1 N–H and O–H groups in total. The van der Waals surface area contributed by atoms with Gasteiger partial charge in [0, 0.05) is 21.4 Å². The van der Waals surface area contributed by atoms with Crippen LogP contribution in [0.2, 0.25) is 0 Å². The molecule has 174 valence electrons. The molecule has 0 aliphatic rings. The number of carbonyl (C=O) groups is 2. The zero-order valence-electron chi connectivity index (χ0n) is 19.5. The molecule has 0 spiro atoms. The number of nitrogens with one attached hydrogen (secondary N) is 1. The number of para-hydroxylation sites is 2. The summed E-state index contributed by atoms with van der Waals surface area (Å²) >= 11 is 1.56. The van der Waals surface area contributed by atoms with Gasteiger partial charge in [0.2, 0.25) is 11.8 Å². The van der Waals surface area contributed by atoms with E-state index in [0.29, 0.717) is 12.8 Å². The summed E-state index contributed by atoms with van der Waals surface area (Å²) in [6.07, 6.45) is 1.04. The summed E-state index contributed by atoms with van der Waals surface area (Å²) in [5.41, 5.74) is 3.60. The van der Waals surface area contributed by atoms with E-state index in [1.165, 1.54) is 0 Å². The summed E-state index contributed by atoms with van der Waals surface area (Å²) < 4.78 is 1.87. The summed E-state index contributed by atoms with van der Waals surface area (Å²) in [6.45, 7) is 2.04. The molecule has 4 nitrogen and oxygen atoms in total. The van der Waals surface area contributed by atoms with Gasteiger partial charge in [-0.15, -0.1) is 11.8 Å². The molecule has 5 heteroatoms. The van der Waals surface area contributed by atoms with Gasteiger partial charge in [-0.1, -0.05) is 73.7 Å². The van der Waals surface area contributed by atoms with E-state index in [-0.39, 0.29) is 17.1 Å². The van der Waals surface area contributed by atoms with Crippen molar-refractivity contribution in [1.82, 2.24) is 4.57 Å². The molecule has 1 aromatic heterocycles. The van der Waals surface area contributed by atoms with Crippen LogP contribution in [0.5, 0.6) is 0 Å². The molecule has 1 amide bonds. The number of hydrogen-bond donors (Lipinski definition) is 1. The minimum absolute atomic E-state index is 0.0513. The van der Waals surface area contributed by atoms with E-state index >= 15 is 0 Å². The molecule has 0 aliphatic heterocycles. The summed E-state index contributed by atoms with van der Waals surface area (Å²) in [4.78, 5) is 27.1. The van der Waals surface area contributed by atoms with Crippen molar-refractivity contribution in [2.75, 3.05) is 5.32 Å². The molecule has 1 heterocycles. The largest absolute Gasteiger partial charge is 0.326 e. The number of carbonyl (C=O) groups excluding carboxylic acids is 2. The lowest BCUT2D eigenvalue weighted by molar-refractivity contribution is -0.115. The van der Waals surface area contributed by atoms with Crippen LogP contribution < -0.4 is 5.32 Å². The highest BCUT2D eigenvalue weighted by molar-refractivity contribution is 8.00. The van der Waals surface area contributed by atoms with Crippen molar-refractivity contribution in [3.63, 3.8) is 0 Å². The smallest absolute Gasteiger partial charge is 0.245 e. The molecule has 0 saturated carbocycles. The van der Waals surface area contributed by atoms with Crippen molar-refractivity contribution >= 4 is 51.1 Å². The zero-order chi connectivity index (χ0) is 24.2. The van der Waals surface area contributed by atoms with Gasteiger partial charge in [-0.3, -0.25) is 14.2 Å². The van der Waals surface area contributed by atoms with Gasteiger partial charge in [0.15, 0.2) is 0 Å². The number of aromatic nitrogens is 1. The molecular weight excluding hydrogens is 452 g/mol. The second-order valence-corrected chi connectivity index (χ2v) is 9.73. The standard InChI is InChI=1S/C30H26N2O2S/c1-2-28(30(34)32-26-14-8-6-12-24(26)25-13-7-9-15-27(25)32)35-23-18-16-22(17-19-23)31-29(33)20-21-10-4-3-5-11-21/h3-19,28H,2,20H2,1H3,(H,31,33). The fourth-order valence-electron chi connectivity index (χ4n) is 4.38. The second-order valence-electron chi connectivity index (χ2n) is 8.46. The van der Waals surface area contributed by atoms with Crippen molar-refractivity contribution in [2.45, 2.75) is 29.9 Å². The third-order valence-electron chi connectivity index (χ3n) is 6.07. The Bertz CT molecular complexity index is 1440. The number of benzene rings is 4. The topological polar surface area (TPSA) is 51.1 Å². The second kappa shape index (κ2) is 10.2. The molecule has 0 aliphatic carbocycles. The lowest BCUT2D eigenvalue weighted by Crippen LogP contribution is -2.23. The summed E-state index contributed by atoms with van der Waals surface area (Å²) in [5.74, 6) is 0.0275. The van der Waals surface area contributed by atoms with Crippen LogP contribution in [0.25, 0.3) is 21.8 Å². The van der Waals surface area contributed by atoms with Gasteiger partial charge in [0.1, 0.15) is 0 Å². The monoisotopic (exact) mass is 478 g/mol. The van der Waals surface area contributed by atoms with Gasteiger partial charge >= 0.3 is 0 Å². The van der Waals surface area contributed by atoms with Crippen molar-refractivity contribution in [2.24, 2.45) is 0 Å². The Morgan fingerprint density at radius 3 is 1.94 bits per heavy atom. The fraction of sp³-hybridized carbons (Fsp3) is 0.133. The van der Waals surface area contributed by atoms with E-state index in [2.05, 4.69) is 17.4 Å². The Morgan fingerprint density at radius 2 is 1.34 bits per heavy atom. The van der Waals surface area contributed by atoms with E-state index < -0.39 is 0 Å². The van der Waals surface area contributed by atoms with Gasteiger partial charge in [-0.25, -0.2) is 0 Å². The summed E-state index contributed by atoms with van der Waals surface area (Å²) in [6, 6.07) is 33.5. The van der Waals surface area contributed by atoms with E-state index in [9.17, 15) is 9.59 Å². The van der Waals surface area contributed by atoms with Crippen molar-refractivity contribution in [3.05, 3.63) is 109 Å². The number of rotatable bonds is 7. The van der Waals surface area contributed by atoms with Crippen LogP contribution in [-0.4, -0.2) is 21.6 Å². The Kier molecular flexibility index (Phi) is 6.68. The van der Waals surface area contributed by atoms with E-state index in [1.807, 2.05) is 102 Å². The van der Waals surface area contributed by atoms with Crippen LogP contribution in [0.4, 0.5) is 5.69 Å². The third kappa shape index (κ3) is 4.86. The minimum Gasteiger partial charge on any atom is -0.326 e. The third-order valence-corrected chi connectivity index (χ3v) is 7.43. The molecule has 1 unspecified atom stereocenters. The molecule has 35 heavy (non-hydrogen) atoms. The lowest BCUT2D eigenvalue weighted by atomic mass is 10.1. The van der Waals surface area contributed by atoms with Crippen LogP contribution >= 0.6 is 11.8 Å². The SMILES string of the molecule is CCC(Sc1ccc(NC(=O)Cc2ccccc2)cc1)C(=O)n1c2ccccc2c2ccccc21. The predicted molar refractivity (Wildman–Crippen MR) is 145 cm³/mol. The molecule has 0 fully saturated rings. The molecule has 1 atom stereocenters. The Morgan fingerprint density at radius 1 is 0.771 bits per heavy atom. The maximum atomic E-state index is 13.7.